The molecule has 2 heterocycles. The van der Waals surface area contributed by atoms with E-state index >= 15 is 0 Å². The third kappa shape index (κ3) is 3.20. The Morgan fingerprint density at radius 1 is 1.44 bits per heavy atom. The summed E-state index contributed by atoms with van der Waals surface area (Å²) in [4.78, 5) is 7.84. The highest BCUT2D eigenvalue weighted by atomic mass is 19.3. The molecule has 1 aliphatic heterocycles. The molecule has 2 rings (SSSR count). The van der Waals surface area contributed by atoms with Crippen molar-refractivity contribution in [2.24, 2.45) is 0 Å². The van der Waals surface area contributed by atoms with Crippen molar-refractivity contribution in [3.63, 3.8) is 0 Å². The van der Waals surface area contributed by atoms with E-state index in [9.17, 15) is 8.78 Å². The number of nitrogens with zero attached hydrogens (tertiary/aromatic N) is 2. The van der Waals surface area contributed by atoms with E-state index < -0.39 is 13.0 Å². The molecule has 18 heavy (non-hydrogen) atoms. The zero-order chi connectivity index (χ0) is 13.0. The molecule has 0 saturated carbocycles. The summed E-state index contributed by atoms with van der Waals surface area (Å²) in [6.45, 7) is 0.237. The van der Waals surface area contributed by atoms with Gasteiger partial charge in [0, 0.05) is 24.8 Å². The fraction of sp³-hybridized carbons (Fsp3) is 0.667. The summed E-state index contributed by atoms with van der Waals surface area (Å²) in [6.07, 6.45) is 2.09. The standard InChI is InChI=1S/C12H16F2N2O2/c13-12(14)11-8(7-17)6-15-10(16-11)5-9-3-1-2-4-18-9/h6,9,12,17H,1-5,7H2. The molecule has 1 saturated heterocycles. The van der Waals surface area contributed by atoms with Gasteiger partial charge < -0.3 is 9.84 Å². The Bertz CT molecular complexity index is 396. The van der Waals surface area contributed by atoms with Gasteiger partial charge >= 0.3 is 0 Å². The second kappa shape index (κ2) is 6.15. The first kappa shape index (κ1) is 13.3. The summed E-state index contributed by atoms with van der Waals surface area (Å²) in [5, 5.41) is 8.94. The third-order valence-corrected chi connectivity index (χ3v) is 3.01. The molecule has 1 unspecified atom stereocenters. The SMILES string of the molecule is OCc1cnc(CC2CCCCO2)nc1C(F)F. The first-order chi connectivity index (χ1) is 8.70. The van der Waals surface area contributed by atoms with Crippen molar-refractivity contribution in [2.45, 2.75) is 44.8 Å². The molecular weight excluding hydrogens is 242 g/mol. The molecule has 1 aromatic heterocycles. The Hall–Kier alpha value is -1.14. The van der Waals surface area contributed by atoms with Crippen molar-refractivity contribution in [1.82, 2.24) is 9.97 Å². The Kier molecular flexibility index (Phi) is 4.54. The van der Waals surface area contributed by atoms with Crippen molar-refractivity contribution in [2.75, 3.05) is 6.61 Å². The van der Waals surface area contributed by atoms with Gasteiger partial charge in [0.2, 0.25) is 0 Å². The van der Waals surface area contributed by atoms with E-state index in [1.807, 2.05) is 0 Å². The molecule has 100 valence electrons. The second-order valence-electron chi connectivity index (χ2n) is 4.35. The molecule has 0 radical (unpaired) electrons. The van der Waals surface area contributed by atoms with Crippen LogP contribution in [0.1, 0.15) is 42.8 Å². The summed E-state index contributed by atoms with van der Waals surface area (Å²) >= 11 is 0. The monoisotopic (exact) mass is 258 g/mol. The van der Waals surface area contributed by atoms with Gasteiger partial charge in [-0.05, 0) is 19.3 Å². The average Bonchev–Trinajstić information content (AvgIpc) is 2.40. The van der Waals surface area contributed by atoms with Crippen LogP contribution in [0.5, 0.6) is 0 Å². The van der Waals surface area contributed by atoms with E-state index in [1.54, 1.807) is 0 Å². The van der Waals surface area contributed by atoms with Crippen LogP contribution in [0.2, 0.25) is 0 Å². The first-order valence-corrected chi connectivity index (χ1v) is 6.06. The van der Waals surface area contributed by atoms with Gasteiger partial charge in [0.1, 0.15) is 11.5 Å². The third-order valence-electron chi connectivity index (χ3n) is 3.01. The van der Waals surface area contributed by atoms with Gasteiger partial charge in [-0.3, -0.25) is 0 Å². The summed E-state index contributed by atoms with van der Waals surface area (Å²) in [5.41, 5.74) is -0.295. The van der Waals surface area contributed by atoms with Gasteiger partial charge in [0.25, 0.3) is 6.43 Å². The summed E-state index contributed by atoms with van der Waals surface area (Å²) in [5.74, 6) is 0.356. The quantitative estimate of drug-likeness (QED) is 0.897. The van der Waals surface area contributed by atoms with E-state index in [-0.39, 0.29) is 17.4 Å². The zero-order valence-electron chi connectivity index (χ0n) is 9.98. The molecule has 0 aliphatic carbocycles. The van der Waals surface area contributed by atoms with Crippen LogP contribution < -0.4 is 0 Å². The van der Waals surface area contributed by atoms with Crippen LogP contribution in [0.15, 0.2) is 6.20 Å². The first-order valence-electron chi connectivity index (χ1n) is 6.06. The van der Waals surface area contributed by atoms with E-state index in [2.05, 4.69) is 9.97 Å². The topological polar surface area (TPSA) is 55.2 Å². The fourth-order valence-electron chi connectivity index (χ4n) is 2.04. The lowest BCUT2D eigenvalue weighted by Gasteiger charge is -2.22. The molecule has 4 nitrogen and oxygen atoms in total. The van der Waals surface area contributed by atoms with Crippen molar-refractivity contribution < 1.29 is 18.6 Å². The lowest BCUT2D eigenvalue weighted by molar-refractivity contribution is 0.0154. The number of aliphatic hydroxyl groups is 1. The molecule has 0 amide bonds. The number of aromatic nitrogens is 2. The minimum Gasteiger partial charge on any atom is -0.392 e. The normalized spacial score (nSPS) is 20.3. The predicted molar refractivity (Wildman–Crippen MR) is 60.2 cm³/mol. The van der Waals surface area contributed by atoms with E-state index in [0.29, 0.717) is 18.9 Å². The van der Waals surface area contributed by atoms with Crippen LogP contribution in [0.3, 0.4) is 0 Å². The van der Waals surface area contributed by atoms with Gasteiger partial charge in [-0.2, -0.15) is 0 Å². The van der Waals surface area contributed by atoms with Gasteiger partial charge in [-0.1, -0.05) is 0 Å². The van der Waals surface area contributed by atoms with Gasteiger partial charge in [0.15, 0.2) is 0 Å². The van der Waals surface area contributed by atoms with Gasteiger partial charge in [-0.15, -0.1) is 0 Å². The maximum atomic E-state index is 12.7. The molecule has 1 aromatic rings. The van der Waals surface area contributed by atoms with E-state index in [4.69, 9.17) is 9.84 Å². The van der Waals surface area contributed by atoms with Crippen LogP contribution in [0.4, 0.5) is 8.78 Å². The lowest BCUT2D eigenvalue weighted by Crippen LogP contribution is -2.22. The van der Waals surface area contributed by atoms with Crippen molar-refractivity contribution in [3.8, 4) is 0 Å². The summed E-state index contributed by atoms with van der Waals surface area (Å²) in [6, 6.07) is 0. The van der Waals surface area contributed by atoms with Crippen LogP contribution >= 0.6 is 0 Å². The number of ether oxygens (including phenoxy) is 1. The van der Waals surface area contributed by atoms with Crippen LogP contribution in [-0.2, 0) is 17.8 Å². The van der Waals surface area contributed by atoms with Crippen LogP contribution in [-0.4, -0.2) is 27.8 Å². The average molecular weight is 258 g/mol. The number of alkyl halides is 2. The Labute approximate surface area is 104 Å². The Morgan fingerprint density at radius 2 is 2.28 bits per heavy atom. The molecule has 0 bridgehead atoms. The van der Waals surface area contributed by atoms with E-state index in [1.165, 1.54) is 6.20 Å². The largest absolute Gasteiger partial charge is 0.392 e. The maximum absolute atomic E-state index is 12.7. The minimum atomic E-state index is -2.69. The molecule has 6 heteroatoms. The Morgan fingerprint density at radius 3 is 2.89 bits per heavy atom. The number of hydrogen-bond donors (Lipinski definition) is 1. The Balaban J connectivity index is 2.10. The molecule has 1 fully saturated rings. The van der Waals surface area contributed by atoms with E-state index in [0.717, 1.165) is 19.3 Å². The molecule has 1 N–H and O–H groups in total. The predicted octanol–water partition coefficient (Wildman–Crippen LogP) is 2.02. The van der Waals surface area contributed by atoms with Crippen molar-refractivity contribution in [3.05, 3.63) is 23.3 Å². The van der Waals surface area contributed by atoms with Gasteiger partial charge in [0.05, 0.1) is 12.7 Å². The summed E-state index contributed by atoms with van der Waals surface area (Å²) in [7, 11) is 0. The highest BCUT2D eigenvalue weighted by molar-refractivity contribution is 5.18. The maximum Gasteiger partial charge on any atom is 0.280 e. The minimum absolute atomic E-state index is 0.0178. The van der Waals surface area contributed by atoms with Gasteiger partial charge in [-0.25, -0.2) is 18.7 Å². The van der Waals surface area contributed by atoms with Crippen molar-refractivity contribution >= 4 is 0 Å². The molecule has 0 spiro atoms. The summed E-state index contributed by atoms with van der Waals surface area (Å²) < 4.78 is 31.0. The number of rotatable bonds is 4. The zero-order valence-corrected chi connectivity index (χ0v) is 9.98. The highest BCUT2D eigenvalue weighted by Crippen LogP contribution is 2.22. The number of halogens is 2. The highest BCUT2D eigenvalue weighted by Gasteiger charge is 2.19. The lowest BCUT2D eigenvalue weighted by atomic mass is 10.1. The molecule has 0 aromatic carbocycles. The van der Waals surface area contributed by atoms with Crippen molar-refractivity contribution in [1.29, 1.82) is 0 Å². The second-order valence-corrected chi connectivity index (χ2v) is 4.35. The van der Waals surface area contributed by atoms with Crippen LogP contribution in [0, 0.1) is 0 Å². The smallest absolute Gasteiger partial charge is 0.280 e. The molecule has 1 aliphatic rings. The number of hydrogen-bond acceptors (Lipinski definition) is 4. The molecular formula is C12H16F2N2O2. The van der Waals surface area contributed by atoms with Crippen LogP contribution in [0.25, 0.3) is 0 Å². The number of aliphatic hydroxyl groups excluding tert-OH is 1. The molecule has 1 atom stereocenters. The fourth-order valence-corrected chi connectivity index (χ4v) is 2.04.